The lowest BCUT2D eigenvalue weighted by Gasteiger charge is -2.15. The summed E-state index contributed by atoms with van der Waals surface area (Å²) in [5.74, 6) is -0.587. The molecule has 0 saturated carbocycles. The van der Waals surface area contributed by atoms with Gasteiger partial charge in [0.15, 0.2) is 5.69 Å². The van der Waals surface area contributed by atoms with Crippen LogP contribution in [0.4, 0.5) is 24.5 Å². The topological polar surface area (TPSA) is 99.3 Å². The van der Waals surface area contributed by atoms with E-state index in [0.29, 0.717) is 5.02 Å². The minimum Gasteiger partial charge on any atom is -0.455 e. The SMILES string of the molecule is Cc1cc(C(F)(F)F)nn1C(C)C(=O)Nc1cc(Oc2ccc(Cl)cc2Cl)cc([N+](=O)[O-])c1. The Morgan fingerprint density at radius 1 is 1.21 bits per heavy atom. The molecule has 0 aliphatic carbocycles. The number of hydrogen-bond donors (Lipinski definition) is 1. The summed E-state index contributed by atoms with van der Waals surface area (Å²) >= 11 is 11.9. The molecule has 13 heteroatoms. The maximum Gasteiger partial charge on any atom is 0.435 e. The molecule has 1 N–H and O–H groups in total. The van der Waals surface area contributed by atoms with Crippen molar-refractivity contribution in [2.24, 2.45) is 0 Å². The number of hydrogen-bond acceptors (Lipinski definition) is 5. The Bertz CT molecular complexity index is 1230. The molecule has 1 unspecified atom stereocenters. The summed E-state index contributed by atoms with van der Waals surface area (Å²) in [7, 11) is 0. The Labute approximate surface area is 195 Å². The van der Waals surface area contributed by atoms with E-state index in [9.17, 15) is 28.1 Å². The zero-order chi connectivity index (χ0) is 24.5. The van der Waals surface area contributed by atoms with Crippen LogP contribution in [0.5, 0.6) is 11.5 Å². The highest BCUT2D eigenvalue weighted by Crippen LogP contribution is 2.35. The number of carbonyl (C=O) groups excluding carboxylic acids is 1. The molecule has 174 valence electrons. The van der Waals surface area contributed by atoms with Gasteiger partial charge in [-0.2, -0.15) is 18.3 Å². The summed E-state index contributed by atoms with van der Waals surface area (Å²) in [5.41, 5.74) is -1.42. The molecule has 0 saturated heterocycles. The van der Waals surface area contributed by atoms with Crippen molar-refractivity contribution in [3.8, 4) is 11.5 Å². The quantitative estimate of drug-likeness (QED) is 0.309. The number of halogens is 5. The van der Waals surface area contributed by atoms with Crippen molar-refractivity contribution < 1.29 is 27.6 Å². The van der Waals surface area contributed by atoms with Crippen molar-refractivity contribution in [2.75, 3.05) is 5.32 Å². The van der Waals surface area contributed by atoms with Crippen molar-refractivity contribution >= 4 is 40.5 Å². The molecule has 0 aliphatic heterocycles. The maximum absolute atomic E-state index is 12.9. The molecule has 0 bridgehead atoms. The molecule has 0 radical (unpaired) electrons. The molecular weight excluding hydrogens is 488 g/mol. The number of aryl methyl sites for hydroxylation is 1. The third kappa shape index (κ3) is 5.74. The van der Waals surface area contributed by atoms with E-state index in [-0.39, 0.29) is 27.9 Å². The highest BCUT2D eigenvalue weighted by Gasteiger charge is 2.35. The van der Waals surface area contributed by atoms with Gasteiger partial charge in [0.25, 0.3) is 5.69 Å². The number of anilines is 1. The number of nitro benzene ring substituents is 1. The zero-order valence-corrected chi connectivity index (χ0v) is 18.5. The van der Waals surface area contributed by atoms with Gasteiger partial charge in [0.2, 0.25) is 5.91 Å². The van der Waals surface area contributed by atoms with Crippen LogP contribution in [0.15, 0.2) is 42.5 Å². The van der Waals surface area contributed by atoms with Crippen LogP contribution in [0.1, 0.15) is 24.4 Å². The van der Waals surface area contributed by atoms with Crippen LogP contribution < -0.4 is 10.1 Å². The second-order valence-electron chi connectivity index (χ2n) is 6.93. The zero-order valence-electron chi connectivity index (χ0n) is 17.0. The summed E-state index contributed by atoms with van der Waals surface area (Å²) < 4.78 is 45.3. The van der Waals surface area contributed by atoms with Crippen LogP contribution in [0.2, 0.25) is 10.0 Å². The minimum atomic E-state index is -4.67. The van der Waals surface area contributed by atoms with Gasteiger partial charge in [0.05, 0.1) is 21.7 Å². The second-order valence-corrected chi connectivity index (χ2v) is 7.77. The lowest BCUT2D eigenvalue weighted by atomic mass is 10.2. The van der Waals surface area contributed by atoms with E-state index in [1.54, 1.807) is 0 Å². The van der Waals surface area contributed by atoms with Crippen LogP contribution in [-0.4, -0.2) is 20.6 Å². The lowest BCUT2D eigenvalue weighted by molar-refractivity contribution is -0.384. The first-order chi connectivity index (χ1) is 15.3. The van der Waals surface area contributed by atoms with Gasteiger partial charge in [-0.15, -0.1) is 0 Å². The number of benzene rings is 2. The van der Waals surface area contributed by atoms with E-state index >= 15 is 0 Å². The predicted molar refractivity (Wildman–Crippen MR) is 115 cm³/mol. The average Bonchev–Trinajstić information content (AvgIpc) is 3.11. The van der Waals surface area contributed by atoms with Crippen LogP contribution >= 0.6 is 23.2 Å². The van der Waals surface area contributed by atoms with E-state index in [0.717, 1.165) is 22.9 Å². The van der Waals surface area contributed by atoms with E-state index in [1.165, 1.54) is 38.1 Å². The number of ether oxygens (including phenoxy) is 1. The van der Waals surface area contributed by atoms with Crippen molar-refractivity contribution in [1.29, 1.82) is 0 Å². The molecule has 1 aromatic heterocycles. The molecule has 8 nitrogen and oxygen atoms in total. The van der Waals surface area contributed by atoms with Gasteiger partial charge in [-0.1, -0.05) is 23.2 Å². The number of alkyl halides is 3. The summed E-state index contributed by atoms with van der Waals surface area (Å²) in [5, 5.41) is 17.7. The molecule has 0 spiro atoms. The molecule has 1 amide bonds. The molecule has 2 aromatic carbocycles. The standard InChI is InChI=1S/C20H15Cl2F3N4O4/c1-10-5-18(20(23,24)25)27-28(10)11(2)19(30)26-13-7-14(29(31)32)9-15(8-13)33-17-4-3-12(21)6-16(17)22/h3-9,11H,1-2H3,(H,26,30). The van der Waals surface area contributed by atoms with E-state index in [2.05, 4.69) is 10.4 Å². The Hall–Kier alpha value is -3.31. The van der Waals surface area contributed by atoms with Crippen LogP contribution in [-0.2, 0) is 11.0 Å². The first kappa shape index (κ1) is 24.3. The van der Waals surface area contributed by atoms with Crippen molar-refractivity contribution in [3.05, 3.63) is 74.0 Å². The number of aromatic nitrogens is 2. The number of nitrogens with zero attached hydrogens (tertiary/aromatic N) is 3. The van der Waals surface area contributed by atoms with Gasteiger partial charge >= 0.3 is 6.18 Å². The summed E-state index contributed by atoms with van der Waals surface area (Å²) in [4.78, 5) is 23.3. The summed E-state index contributed by atoms with van der Waals surface area (Å²) in [6.07, 6.45) is -4.67. The predicted octanol–water partition coefficient (Wildman–Crippen LogP) is 6.42. The average molecular weight is 503 g/mol. The van der Waals surface area contributed by atoms with Crippen LogP contribution in [0, 0.1) is 17.0 Å². The number of nitro groups is 1. The Morgan fingerprint density at radius 2 is 1.91 bits per heavy atom. The van der Waals surface area contributed by atoms with Gasteiger partial charge in [-0.3, -0.25) is 19.6 Å². The monoisotopic (exact) mass is 502 g/mol. The van der Waals surface area contributed by atoms with Crippen molar-refractivity contribution in [1.82, 2.24) is 9.78 Å². The molecule has 3 aromatic rings. The van der Waals surface area contributed by atoms with Gasteiger partial charge in [0, 0.05) is 22.8 Å². The molecule has 3 rings (SSSR count). The molecular formula is C20H15Cl2F3N4O4. The molecule has 1 heterocycles. The molecule has 1 atom stereocenters. The van der Waals surface area contributed by atoms with E-state index in [4.69, 9.17) is 27.9 Å². The number of nitrogens with one attached hydrogen (secondary N) is 1. The minimum absolute atomic E-state index is 0.00833. The van der Waals surface area contributed by atoms with Crippen molar-refractivity contribution in [3.63, 3.8) is 0 Å². The third-order valence-corrected chi connectivity index (χ3v) is 4.98. The Kier molecular flexibility index (Phi) is 6.84. The number of amides is 1. The van der Waals surface area contributed by atoms with Gasteiger partial charge in [-0.05, 0) is 38.1 Å². The van der Waals surface area contributed by atoms with E-state index in [1.807, 2.05) is 0 Å². The van der Waals surface area contributed by atoms with E-state index < -0.39 is 34.4 Å². The fourth-order valence-electron chi connectivity index (χ4n) is 2.88. The molecule has 0 aliphatic rings. The van der Waals surface area contributed by atoms with Crippen LogP contribution in [0.25, 0.3) is 0 Å². The van der Waals surface area contributed by atoms with Gasteiger partial charge < -0.3 is 10.1 Å². The normalized spacial score (nSPS) is 12.3. The van der Waals surface area contributed by atoms with Crippen LogP contribution in [0.3, 0.4) is 0 Å². The highest BCUT2D eigenvalue weighted by molar-refractivity contribution is 6.35. The Morgan fingerprint density at radius 3 is 2.48 bits per heavy atom. The first-order valence-electron chi connectivity index (χ1n) is 9.21. The highest BCUT2D eigenvalue weighted by atomic mass is 35.5. The number of rotatable bonds is 6. The van der Waals surface area contributed by atoms with Crippen molar-refractivity contribution in [2.45, 2.75) is 26.1 Å². The third-order valence-electron chi connectivity index (χ3n) is 4.45. The van der Waals surface area contributed by atoms with Gasteiger partial charge in [-0.25, -0.2) is 0 Å². The largest absolute Gasteiger partial charge is 0.455 e. The number of non-ortho nitro benzene ring substituents is 1. The summed E-state index contributed by atoms with van der Waals surface area (Å²) in [6.45, 7) is 2.72. The Balaban J connectivity index is 1.87. The fraction of sp³-hybridized carbons (Fsp3) is 0.200. The smallest absolute Gasteiger partial charge is 0.435 e. The first-order valence-corrected chi connectivity index (χ1v) is 9.97. The lowest BCUT2D eigenvalue weighted by Crippen LogP contribution is -2.25. The maximum atomic E-state index is 12.9. The fourth-order valence-corrected chi connectivity index (χ4v) is 3.33. The van der Waals surface area contributed by atoms with Gasteiger partial charge in [0.1, 0.15) is 17.5 Å². The molecule has 0 fully saturated rings. The summed E-state index contributed by atoms with van der Waals surface area (Å²) in [6, 6.07) is 7.57. The second kappa shape index (κ2) is 9.28. The number of carbonyl (C=O) groups is 1. The molecule has 33 heavy (non-hydrogen) atoms.